The number of hydrogen-bond donors (Lipinski definition) is 1. The lowest BCUT2D eigenvalue weighted by Gasteiger charge is -2.33. The third-order valence-corrected chi connectivity index (χ3v) is 4.25. The number of piperidine rings is 1. The molecular formula is C17H28N2. The molecule has 0 aromatic heterocycles. The molecule has 1 N–H and O–H groups in total. The summed E-state index contributed by atoms with van der Waals surface area (Å²) >= 11 is 0. The van der Waals surface area contributed by atoms with Crippen LogP contribution in [0.4, 0.5) is 0 Å². The highest BCUT2D eigenvalue weighted by Crippen LogP contribution is 2.20. The minimum absolute atomic E-state index is 0.667. The average Bonchev–Trinajstić information content (AvgIpc) is 2.46. The van der Waals surface area contributed by atoms with E-state index in [0.717, 1.165) is 6.54 Å². The number of hydrogen-bond acceptors (Lipinski definition) is 2. The van der Waals surface area contributed by atoms with Crippen LogP contribution in [0.15, 0.2) is 30.3 Å². The van der Waals surface area contributed by atoms with Gasteiger partial charge in [0, 0.05) is 12.6 Å². The lowest BCUT2D eigenvalue weighted by Crippen LogP contribution is -2.45. The number of likely N-dealkylation sites (tertiary alicyclic amines) is 1. The number of benzene rings is 1. The number of rotatable bonds is 6. The van der Waals surface area contributed by atoms with Gasteiger partial charge in [0.05, 0.1) is 0 Å². The molecule has 19 heavy (non-hydrogen) atoms. The van der Waals surface area contributed by atoms with Crippen LogP contribution in [0.25, 0.3) is 0 Å². The van der Waals surface area contributed by atoms with E-state index in [-0.39, 0.29) is 0 Å². The normalized spacial score (nSPS) is 22.3. The summed E-state index contributed by atoms with van der Waals surface area (Å²) in [5.41, 5.74) is 1.47. The van der Waals surface area contributed by atoms with Crippen LogP contribution in [0.1, 0.15) is 44.6 Å². The summed E-state index contributed by atoms with van der Waals surface area (Å²) < 4.78 is 0. The molecule has 1 aliphatic rings. The van der Waals surface area contributed by atoms with Gasteiger partial charge in [-0.25, -0.2) is 0 Å². The monoisotopic (exact) mass is 260 g/mol. The van der Waals surface area contributed by atoms with E-state index in [1.807, 2.05) is 0 Å². The van der Waals surface area contributed by atoms with Crippen molar-refractivity contribution in [2.45, 2.75) is 45.1 Å². The van der Waals surface area contributed by atoms with Crippen LogP contribution < -0.4 is 5.32 Å². The molecule has 0 aliphatic carbocycles. The van der Waals surface area contributed by atoms with Gasteiger partial charge in [-0.05, 0) is 50.4 Å². The van der Waals surface area contributed by atoms with E-state index in [4.69, 9.17) is 0 Å². The highest BCUT2D eigenvalue weighted by molar-refractivity contribution is 5.18. The molecule has 0 amide bonds. The van der Waals surface area contributed by atoms with Crippen molar-refractivity contribution in [2.75, 3.05) is 26.2 Å². The first kappa shape index (κ1) is 14.5. The van der Waals surface area contributed by atoms with Gasteiger partial charge in [-0.3, -0.25) is 0 Å². The van der Waals surface area contributed by atoms with Gasteiger partial charge < -0.3 is 10.2 Å². The maximum Gasteiger partial charge on any atom is 0.0195 e. The third kappa shape index (κ3) is 4.63. The van der Waals surface area contributed by atoms with Crippen LogP contribution in [0, 0.1) is 0 Å². The highest BCUT2D eigenvalue weighted by Gasteiger charge is 2.19. The molecule has 106 valence electrons. The van der Waals surface area contributed by atoms with E-state index < -0.39 is 0 Å². The first-order valence-electron chi connectivity index (χ1n) is 7.80. The van der Waals surface area contributed by atoms with E-state index in [2.05, 4.69) is 54.4 Å². The summed E-state index contributed by atoms with van der Waals surface area (Å²) in [5.74, 6) is 0.667. The Balaban J connectivity index is 1.75. The summed E-state index contributed by atoms with van der Waals surface area (Å²) in [7, 11) is 0. The summed E-state index contributed by atoms with van der Waals surface area (Å²) in [6, 6.07) is 11.6. The van der Waals surface area contributed by atoms with Crippen molar-refractivity contribution in [1.29, 1.82) is 0 Å². The Morgan fingerprint density at radius 2 is 2.11 bits per heavy atom. The molecule has 0 radical (unpaired) electrons. The van der Waals surface area contributed by atoms with Gasteiger partial charge in [-0.15, -0.1) is 0 Å². The summed E-state index contributed by atoms with van der Waals surface area (Å²) in [5, 5.41) is 3.59. The van der Waals surface area contributed by atoms with Gasteiger partial charge in [0.2, 0.25) is 0 Å². The zero-order chi connectivity index (χ0) is 13.5. The maximum atomic E-state index is 3.59. The second kappa shape index (κ2) is 7.66. The van der Waals surface area contributed by atoms with Crippen LogP contribution in [0.5, 0.6) is 0 Å². The average molecular weight is 260 g/mol. The van der Waals surface area contributed by atoms with Crippen molar-refractivity contribution in [3.05, 3.63) is 35.9 Å². The molecule has 2 nitrogen and oxygen atoms in total. The fourth-order valence-electron chi connectivity index (χ4n) is 3.04. The third-order valence-electron chi connectivity index (χ3n) is 4.25. The van der Waals surface area contributed by atoms with Gasteiger partial charge in [0.1, 0.15) is 0 Å². The Labute approximate surface area is 118 Å². The van der Waals surface area contributed by atoms with Gasteiger partial charge in [0.15, 0.2) is 0 Å². The van der Waals surface area contributed by atoms with Crippen molar-refractivity contribution >= 4 is 0 Å². The fraction of sp³-hybridized carbons (Fsp3) is 0.647. The molecule has 1 aromatic carbocycles. The highest BCUT2D eigenvalue weighted by atomic mass is 15.2. The number of nitrogens with one attached hydrogen (secondary N) is 1. The molecule has 1 aromatic rings. The van der Waals surface area contributed by atoms with E-state index in [1.54, 1.807) is 0 Å². The zero-order valence-electron chi connectivity index (χ0n) is 12.4. The summed E-state index contributed by atoms with van der Waals surface area (Å²) in [4.78, 5) is 2.64. The molecule has 2 unspecified atom stereocenters. The molecule has 2 atom stereocenters. The lowest BCUT2D eigenvalue weighted by molar-refractivity contribution is 0.187. The predicted molar refractivity (Wildman–Crippen MR) is 82.6 cm³/mol. The number of nitrogens with zero attached hydrogens (tertiary/aromatic N) is 1. The quantitative estimate of drug-likeness (QED) is 0.844. The SMILES string of the molecule is CCNC1CCCN(CCC(C)c2ccccc2)C1. The Bertz CT molecular complexity index is 348. The Kier molecular flexibility index (Phi) is 5.87. The predicted octanol–water partition coefficient (Wildman–Crippen LogP) is 3.25. The van der Waals surface area contributed by atoms with E-state index >= 15 is 0 Å². The van der Waals surface area contributed by atoms with Crippen molar-refractivity contribution in [2.24, 2.45) is 0 Å². The molecule has 1 fully saturated rings. The lowest BCUT2D eigenvalue weighted by atomic mass is 9.97. The fourth-order valence-corrected chi connectivity index (χ4v) is 3.04. The summed E-state index contributed by atoms with van der Waals surface area (Å²) in [6.07, 6.45) is 3.96. The molecule has 0 saturated carbocycles. The molecule has 2 rings (SSSR count). The Morgan fingerprint density at radius 3 is 2.84 bits per heavy atom. The maximum absolute atomic E-state index is 3.59. The van der Waals surface area contributed by atoms with Crippen LogP contribution in [0.2, 0.25) is 0 Å². The first-order valence-corrected chi connectivity index (χ1v) is 7.80. The van der Waals surface area contributed by atoms with Crippen LogP contribution in [-0.2, 0) is 0 Å². The van der Waals surface area contributed by atoms with Crippen molar-refractivity contribution in [3.8, 4) is 0 Å². The standard InChI is InChI=1S/C17H28N2/c1-3-18-17-10-7-12-19(14-17)13-11-15(2)16-8-5-4-6-9-16/h4-6,8-9,15,17-18H,3,7,10-14H2,1-2H3. The molecule has 0 bridgehead atoms. The first-order chi connectivity index (χ1) is 9.29. The largest absolute Gasteiger partial charge is 0.313 e. The molecular weight excluding hydrogens is 232 g/mol. The smallest absolute Gasteiger partial charge is 0.0195 e. The Morgan fingerprint density at radius 1 is 1.32 bits per heavy atom. The molecule has 1 aliphatic heterocycles. The van der Waals surface area contributed by atoms with Crippen molar-refractivity contribution in [3.63, 3.8) is 0 Å². The molecule has 1 heterocycles. The minimum atomic E-state index is 0.667. The van der Waals surface area contributed by atoms with E-state index in [0.29, 0.717) is 12.0 Å². The van der Waals surface area contributed by atoms with Crippen LogP contribution in [-0.4, -0.2) is 37.1 Å². The second-order valence-electron chi connectivity index (χ2n) is 5.80. The van der Waals surface area contributed by atoms with Gasteiger partial charge >= 0.3 is 0 Å². The molecule has 1 saturated heterocycles. The zero-order valence-corrected chi connectivity index (χ0v) is 12.4. The Hall–Kier alpha value is -0.860. The van der Waals surface area contributed by atoms with Crippen LogP contribution in [0.3, 0.4) is 0 Å². The van der Waals surface area contributed by atoms with E-state index in [9.17, 15) is 0 Å². The van der Waals surface area contributed by atoms with Crippen molar-refractivity contribution in [1.82, 2.24) is 10.2 Å². The van der Waals surface area contributed by atoms with Crippen LogP contribution >= 0.6 is 0 Å². The molecule has 0 spiro atoms. The topological polar surface area (TPSA) is 15.3 Å². The van der Waals surface area contributed by atoms with Gasteiger partial charge in [0.25, 0.3) is 0 Å². The number of likely N-dealkylation sites (N-methyl/N-ethyl adjacent to an activating group) is 1. The van der Waals surface area contributed by atoms with Gasteiger partial charge in [-0.1, -0.05) is 44.2 Å². The molecule has 2 heteroatoms. The second-order valence-corrected chi connectivity index (χ2v) is 5.80. The minimum Gasteiger partial charge on any atom is -0.313 e. The van der Waals surface area contributed by atoms with Gasteiger partial charge in [-0.2, -0.15) is 0 Å². The van der Waals surface area contributed by atoms with E-state index in [1.165, 1.54) is 44.5 Å². The van der Waals surface area contributed by atoms with Crippen molar-refractivity contribution < 1.29 is 0 Å². The summed E-state index contributed by atoms with van der Waals surface area (Å²) in [6.45, 7) is 9.40.